The van der Waals surface area contributed by atoms with Gasteiger partial charge in [0.2, 0.25) is 5.91 Å². The SMILES string of the molecule is N=C1CCCCN1CC(=O)N1CCCCC1. The molecular formula is C12H21N3O. The first kappa shape index (κ1) is 11.4. The van der Waals surface area contributed by atoms with Gasteiger partial charge in [-0.2, -0.15) is 0 Å². The van der Waals surface area contributed by atoms with Crippen LogP contribution in [0.15, 0.2) is 0 Å². The summed E-state index contributed by atoms with van der Waals surface area (Å²) >= 11 is 0. The van der Waals surface area contributed by atoms with E-state index < -0.39 is 0 Å². The summed E-state index contributed by atoms with van der Waals surface area (Å²) in [5.74, 6) is 0.864. The highest BCUT2D eigenvalue weighted by Gasteiger charge is 2.22. The minimum atomic E-state index is 0.214. The van der Waals surface area contributed by atoms with Gasteiger partial charge in [0.15, 0.2) is 0 Å². The lowest BCUT2D eigenvalue weighted by Gasteiger charge is -2.33. The topological polar surface area (TPSA) is 47.4 Å². The van der Waals surface area contributed by atoms with Crippen LogP contribution in [-0.2, 0) is 4.79 Å². The van der Waals surface area contributed by atoms with Crippen molar-refractivity contribution in [2.75, 3.05) is 26.2 Å². The van der Waals surface area contributed by atoms with E-state index in [-0.39, 0.29) is 5.91 Å². The molecule has 90 valence electrons. The zero-order valence-electron chi connectivity index (χ0n) is 9.87. The van der Waals surface area contributed by atoms with Crippen molar-refractivity contribution in [1.82, 2.24) is 9.80 Å². The second kappa shape index (κ2) is 5.32. The molecule has 2 fully saturated rings. The third kappa shape index (κ3) is 2.74. The number of nitrogens with zero attached hydrogens (tertiary/aromatic N) is 2. The molecule has 16 heavy (non-hydrogen) atoms. The molecule has 0 bridgehead atoms. The van der Waals surface area contributed by atoms with Gasteiger partial charge in [-0.15, -0.1) is 0 Å². The minimum absolute atomic E-state index is 0.214. The maximum atomic E-state index is 12.0. The maximum absolute atomic E-state index is 12.0. The van der Waals surface area contributed by atoms with Crippen molar-refractivity contribution in [3.8, 4) is 0 Å². The summed E-state index contributed by atoms with van der Waals surface area (Å²) < 4.78 is 0. The van der Waals surface area contributed by atoms with E-state index in [1.54, 1.807) is 0 Å². The second-order valence-corrected chi connectivity index (χ2v) is 4.77. The third-order valence-electron chi connectivity index (χ3n) is 3.51. The lowest BCUT2D eigenvalue weighted by molar-refractivity contribution is -0.132. The molecular weight excluding hydrogens is 202 g/mol. The van der Waals surface area contributed by atoms with Crippen LogP contribution in [0.4, 0.5) is 0 Å². The molecule has 1 N–H and O–H groups in total. The molecule has 1 amide bonds. The molecule has 0 saturated carbocycles. The van der Waals surface area contributed by atoms with E-state index in [1.807, 2.05) is 9.80 Å². The molecule has 4 heteroatoms. The number of nitrogens with one attached hydrogen (secondary N) is 1. The van der Waals surface area contributed by atoms with Crippen molar-refractivity contribution in [2.45, 2.75) is 38.5 Å². The quantitative estimate of drug-likeness (QED) is 0.770. The monoisotopic (exact) mass is 223 g/mol. The first-order chi connectivity index (χ1) is 7.77. The number of likely N-dealkylation sites (tertiary alicyclic amines) is 2. The smallest absolute Gasteiger partial charge is 0.242 e. The normalized spacial score (nSPS) is 22.4. The van der Waals surface area contributed by atoms with Crippen molar-refractivity contribution < 1.29 is 4.79 Å². The molecule has 0 atom stereocenters. The summed E-state index contributed by atoms with van der Waals surface area (Å²) in [6.07, 6.45) is 6.60. The van der Waals surface area contributed by atoms with Crippen LogP contribution in [0, 0.1) is 5.41 Å². The fourth-order valence-corrected chi connectivity index (χ4v) is 2.47. The molecule has 0 aromatic heterocycles. The van der Waals surface area contributed by atoms with Crippen molar-refractivity contribution in [3.05, 3.63) is 0 Å². The Morgan fingerprint density at radius 3 is 2.44 bits per heavy atom. The van der Waals surface area contributed by atoms with Crippen LogP contribution in [-0.4, -0.2) is 47.7 Å². The van der Waals surface area contributed by atoms with Gasteiger partial charge in [-0.25, -0.2) is 0 Å². The third-order valence-corrected chi connectivity index (χ3v) is 3.51. The van der Waals surface area contributed by atoms with Crippen molar-refractivity contribution >= 4 is 11.7 Å². The summed E-state index contributed by atoms with van der Waals surface area (Å²) in [6.45, 7) is 3.15. The molecule has 0 spiro atoms. The van der Waals surface area contributed by atoms with Crippen LogP contribution >= 0.6 is 0 Å². The number of carbonyl (C=O) groups excluding carboxylic acids is 1. The molecule has 0 unspecified atom stereocenters. The predicted octanol–water partition coefficient (Wildman–Crippen LogP) is 1.46. The summed E-state index contributed by atoms with van der Waals surface area (Å²) in [5, 5.41) is 7.81. The average molecular weight is 223 g/mol. The molecule has 0 radical (unpaired) electrons. The highest BCUT2D eigenvalue weighted by atomic mass is 16.2. The number of rotatable bonds is 2. The Labute approximate surface area is 97.1 Å². The Balaban J connectivity index is 1.83. The average Bonchev–Trinajstić information content (AvgIpc) is 2.33. The fraction of sp³-hybridized carbons (Fsp3) is 0.833. The first-order valence-electron chi connectivity index (χ1n) is 6.37. The van der Waals surface area contributed by atoms with Gasteiger partial charge in [-0.1, -0.05) is 0 Å². The van der Waals surface area contributed by atoms with E-state index in [0.717, 1.165) is 51.7 Å². The second-order valence-electron chi connectivity index (χ2n) is 4.77. The lowest BCUT2D eigenvalue weighted by atomic mass is 10.1. The predicted molar refractivity (Wildman–Crippen MR) is 63.6 cm³/mol. The molecule has 2 heterocycles. The van der Waals surface area contributed by atoms with Crippen LogP contribution in [0.25, 0.3) is 0 Å². The van der Waals surface area contributed by atoms with Gasteiger partial charge in [-0.05, 0) is 32.1 Å². The molecule has 0 aliphatic carbocycles. The zero-order chi connectivity index (χ0) is 11.4. The van der Waals surface area contributed by atoms with Crippen LogP contribution in [0.3, 0.4) is 0 Å². The van der Waals surface area contributed by atoms with Gasteiger partial charge in [0.1, 0.15) is 0 Å². The number of hydrogen-bond acceptors (Lipinski definition) is 2. The summed E-state index contributed by atoms with van der Waals surface area (Å²) in [4.78, 5) is 15.9. The Morgan fingerprint density at radius 2 is 1.75 bits per heavy atom. The van der Waals surface area contributed by atoms with E-state index in [4.69, 9.17) is 5.41 Å². The highest BCUT2D eigenvalue weighted by Crippen LogP contribution is 2.13. The van der Waals surface area contributed by atoms with Crippen LogP contribution in [0.5, 0.6) is 0 Å². The van der Waals surface area contributed by atoms with E-state index in [1.165, 1.54) is 6.42 Å². The van der Waals surface area contributed by atoms with Gasteiger partial charge in [-0.3, -0.25) is 10.2 Å². The standard InChI is InChI=1S/C12H21N3O/c13-11-6-2-5-9-15(11)10-12(16)14-7-3-1-4-8-14/h13H,1-10H2. The number of amidine groups is 1. The number of piperidine rings is 2. The van der Waals surface area contributed by atoms with Crippen LogP contribution in [0.2, 0.25) is 0 Å². The molecule has 0 aromatic rings. The van der Waals surface area contributed by atoms with E-state index >= 15 is 0 Å². The molecule has 2 saturated heterocycles. The molecule has 2 aliphatic rings. The fourth-order valence-electron chi connectivity index (χ4n) is 2.47. The Kier molecular flexibility index (Phi) is 3.80. The summed E-state index contributed by atoms with van der Waals surface area (Å²) in [5.41, 5.74) is 0. The van der Waals surface area contributed by atoms with Crippen molar-refractivity contribution in [1.29, 1.82) is 5.41 Å². The van der Waals surface area contributed by atoms with Crippen molar-refractivity contribution in [2.24, 2.45) is 0 Å². The van der Waals surface area contributed by atoms with Crippen LogP contribution in [0.1, 0.15) is 38.5 Å². The van der Waals surface area contributed by atoms with Gasteiger partial charge in [0, 0.05) is 26.1 Å². The molecule has 4 nitrogen and oxygen atoms in total. The molecule has 0 aromatic carbocycles. The zero-order valence-corrected chi connectivity index (χ0v) is 9.87. The largest absolute Gasteiger partial charge is 0.351 e. The van der Waals surface area contributed by atoms with Gasteiger partial charge >= 0.3 is 0 Å². The van der Waals surface area contributed by atoms with E-state index in [9.17, 15) is 4.79 Å². The Bertz CT molecular complexity index is 271. The van der Waals surface area contributed by atoms with Gasteiger partial charge in [0.25, 0.3) is 0 Å². The highest BCUT2D eigenvalue weighted by molar-refractivity contribution is 5.86. The van der Waals surface area contributed by atoms with Gasteiger partial charge in [0.05, 0.1) is 12.4 Å². The number of hydrogen-bond donors (Lipinski definition) is 1. The number of carbonyl (C=O) groups is 1. The Hall–Kier alpha value is -1.06. The molecule has 2 rings (SSSR count). The molecule has 2 aliphatic heterocycles. The van der Waals surface area contributed by atoms with Gasteiger partial charge < -0.3 is 9.80 Å². The Morgan fingerprint density at radius 1 is 1.06 bits per heavy atom. The first-order valence-corrected chi connectivity index (χ1v) is 6.37. The summed E-state index contributed by atoms with van der Waals surface area (Å²) in [6, 6.07) is 0. The number of amides is 1. The van der Waals surface area contributed by atoms with E-state index in [2.05, 4.69) is 0 Å². The summed E-state index contributed by atoms with van der Waals surface area (Å²) in [7, 11) is 0. The lowest BCUT2D eigenvalue weighted by Crippen LogP contribution is -2.45. The van der Waals surface area contributed by atoms with E-state index in [0.29, 0.717) is 12.4 Å². The van der Waals surface area contributed by atoms with Crippen molar-refractivity contribution in [3.63, 3.8) is 0 Å². The van der Waals surface area contributed by atoms with Crippen LogP contribution < -0.4 is 0 Å². The minimum Gasteiger partial charge on any atom is -0.351 e. The maximum Gasteiger partial charge on any atom is 0.242 e.